The first-order valence-electron chi connectivity index (χ1n) is 15.8. The minimum absolute atomic E-state index is 1.18. The molecule has 1 aliphatic heterocycles. The van der Waals surface area contributed by atoms with Gasteiger partial charge in [-0.1, -0.05) is 127 Å². The summed E-state index contributed by atoms with van der Waals surface area (Å²) in [6.07, 6.45) is 0. The predicted octanol–water partition coefficient (Wildman–Crippen LogP) is 12.6. The zero-order valence-electron chi connectivity index (χ0n) is 24.9. The molecule has 0 aliphatic carbocycles. The summed E-state index contributed by atoms with van der Waals surface area (Å²) in [6, 6.07) is 60.2. The maximum atomic E-state index is 2.39. The average molecular weight is 602 g/mol. The summed E-state index contributed by atoms with van der Waals surface area (Å²) < 4.78 is 2.39. The van der Waals surface area contributed by atoms with E-state index < -0.39 is 0 Å². The van der Waals surface area contributed by atoms with Gasteiger partial charge in [0, 0.05) is 31.6 Å². The molecule has 0 bridgehead atoms. The van der Waals surface area contributed by atoms with Crippen LogP contribution in [0, 0.1) is 0 Å². The van der Waals surface area contributed by atoms with E-state index >= 15 is 0 Å². The highest BCUT2D eigenvalue weighted by Crippen LogP contribution is 2.49. The molecule has 0 radical (unpaired) electrons. The smallest absolute Gasteiger partial charge is 0.0547 e. The Morgan fingerprint density at radius 2 is 1.11 bits per heavy atom. The molecule has 1 aromatic heterocycles. The minimum Gasteiger partial charge on any atom is -0.309 e. The number of rotatable bonds is 3. The minimum atomic E-state index is 1.18. The number of aromatic nitrogens is 1. The molecule has 9 aromatic rings. The van der Waals surface area contributed by atoms with Crippen molar-refractivity contribution >= 4 is 55.1 Å². The van der Waals surface area contributed by atoms with Gasteiger partial charge in [-0.05, 0) is 98.1 Å². The number of para-hydroxylation sites is 2. The molecule has 8 aromatic carbocycles. The largest absolute Gasteiger partial charge is 0.309 e. The maximum absolute atomic E-state index is 2.39. The van der Waals surface area contributed by atoms with Gasteiger partial charge < -0.3 is 4.57 Å². The zero-order chi connectivity index (χ0) is 30.2. The van der Waals surface area contributed by atoms with Crippen molar-refractivity contribution in [3.63, 3.8) is 0 Å². The Kier molecular flexibility index (Phi) is 5.58. The topological polar surface area (TPSA) is 4.93 Å². The van der Waals surface area contributed by atoms with Gasteiger partial charge in [0.15, 0.2) is 0 Å². The van der Waals surface area contributed by atoms with E-state index in [1.165, 1.54) is 92.2 Å². The summed E-state index contributed by atoms with van der Waals surface area (Å²) in [7, 11) is 0. The zero-order valence-corrected chi connectivity index (χ0v) is 25.8. The molecule has 46 heavy (non-hydrogen) atoms. The van der Waals surface area contributed by atoms with E-state index in [4.69, 9.17) is 0 Å². The fourth-order valence-corrected chi connectivity index (χ4v) is 8.67. The number of fused-ring (bicyclic) bond motifs is 7. The van der Waals surface area contributed by atoms with Gasteiger partial charge in [0.05, 0.1) is 11.0 Å². The van der Waals surface area contributed by atoms with Crippen molar-refractivity contribution in [2.24, 2.45) is 0 Å². The second kappa shape index (κ2) is 9.97. The molecule has 1 nitrogen and oxygen atoms in total. The molecule has 2 heteroatoms. The third kappa shape index (κ3) is 3.77. The van der Waals surface area contributed by atoms with Gasteiger partial charge in [0.2, 0.25) is 0 Å². The van der Waals surface area contributed by atoms with Crippen LogP contribution in [0.3, 0.4) is 0 Å². The van der Waals surface area contributed by atoms with E-state index in [-0.39, 0.29) is 0 Å². The SMILES string of the molecule is c1ccc(-n2c3ccccc3c3c4cccc(-c5cccc(-c6ccc7c(c6)-c6cccc8cccc(c68)S7)c5)c4ccc32)cc1. The molecular weight excluding hydrogens is 575 g/mol. The second-order valence-corrected chi connectivity index (χ2v) is 13.2. The van der Waals surface area contributed by atoms with Crippen LogP contribution in [-0.2, 0) is 0 Å². The van der Waals surface area contributed by atoms with Crippen LogP contribution in [0.15, 0.2) is 174 Å². The molecule has 0 spiro atoms. The van der Waals surface area contributed by atoms with E-state index in [0.717, 1.165) is 0 Å². The van der Waals surface area contributed by atoms with Gasteiger partial charge in [-0.15, -0.1) is 0 Å². The summed E-state index contributed by atoms with van der Waals surface area (Å²) in [6.45, 7) is 0. The van der Waals surface area contributed by atoms with Gasteiger partial charge in [-0.25, -0.2) is 0 Å². The molecular formula is C44H27NS. The summed E-state index contributed by atoms with van der Waals surface area (Å²) in [4.78, 5) is 2.66. The van der Waals surface area contributed by atoms with Crippen LogP contribution in [0.2, 0.25) is 0 Å². The molecule has 0 N–H and O–H groups in total. The molecule has 10 rings (SSSR count). The van der Waals surface area contributed by atoms with Crippen LogP contribution in [-0.4, -0.2) is 4.57 Å². The van der Waals surface area contributed by atoms with E-state index in [2.05, 4.69) is 168 Å². The van der Waals surface area contributed by atoms with Crippen molar-refractivity contribution in [2.75, 3.05) is 0 Å². The Bertz CT molecular complexity index is 2660. The highest BCUT2D eigenvalue weighted by Gasteiger charge is 2.20. The van der Waals surface area contributed by atoms with Crippen LogP contribution < -0.4 is 0 Å². The summed E-state index contributed by atoms with van der Waals surface area (Å²) >= 11 is 1.88. The van der Waals surface area contributed by atoms with Gasteiger partial charge in [-0.2, -0.15) is 0 Å². The van der Waals surface area contributed by atoms with Crippen molar-refractivity contribution < 1.29 is 0 Å². The molecule has 2 heterocycles. The predicted molar refractivity (Wildman–Crippen MR) is 196 cm³/mol. The van der Waals surface area contributed by atoms with Crippen molar-refractivity contribution in [3.05, 3.63) is 164 Å². The van der Waals surface area contributed by atoms with Crippen LogP contribution in [0.25, 0.3) is 82.4 Å². The third-order valence-electron chi connectivity index (χ3n) is 9.57. The van der Waals surface area contributed by atoms with Gasteiger partial charge in [0.25, 0.3) is 0 Å². The summed E-state index contributed by atoms with van der Waals surface area (Å²) in [5.74, 6) is 0. The monoisotopic (exact) mass is 601 g/mol. The average Bonchev–Trinajstić information content (AvgIpc) is 3.47. The van der Waals surface area contributed by atoms with Crippen LogP contribution in [0.5, 0.6) is 0 Å². The molecule has 0 fully saturated rings. The van der Waals surface area contributed by atoms with E-state index in [9.17, 15) is 0 Å². The lowest BCUT2D eigenvalue weighted by atomic mass is 9.92. The molecule has 1 aliphatic rings. The summed E-state index contributed by atoms with van der Waals surface area (Å²) in [5, 5.41) is 7.80. The van der Waals surface area contributed by atoms with Gasteiger partial charge in [-0.3, -0.25) is 0 Å². The second-order valence-electron chi connectivity index (χ2n) is 12.1. The molecule has 214 valence electrons. The van der Waals surface area contributed by atoms with Crippen LogP contribution >= 0.6 is 11.8 Å². The quantitative estimate of drug-likeness (QED) is 0.195. The third-order valence-corrected chi connectivity index (χ3v) is 10.7. The highest BCUT2D eigenvalue weighted by molar-refractivity contribution is 7.99. The Hall–Kier alpha value is -5.57. The van der Waals surface area contributed by atoms with Crippen molar-refractivity contribution in [1.82, 2.24) is 4.57 Å². The van der Waals surface area contributed by atoms with Crippen molar-refractivity contribution in [1.29, 1.82) is 0 Å². The standard InChI is InChI=1S/C44H27NS/c1-2-14-32(15-3-1)45-39-20-5-4-16-37(39)44-35-19-9-17-33(34(35)23-24-40(44)45)31-13-6-12-29(26-31)30-22-25-41-38(27-30)36-18-7-10-28-11-8-21-42(46-41)43(28)36/h1-27H. The Morgan fingerprint density at radius 1 is 0.370 bits per heavy atom. The number of hydrogen-bond donors (Lipinski definition) is 0. The van der Waals surface area contributed by atoms with Crippen LogP contribution in [0.4, 0.5) is 0 Å². The Balaban J connectivity index is 1.14. The summed E-state index contributed by atoms with van der Waals surface area (Å²) in [5.41, 5.74) is 11.2. The molecule has 0 saturated carbocycles. The van der Waals surface area contributed by atoms with E-state index in [0.29, 0.717) is 0 Å². The Morgan fingerprint density at radius 3 is 2.04 bits per heavy atom. The molecule has 0 saturated heterocycles. The number of hydrogen-bond acceptors (Lipinski definition) is 1. The lowest BCUT2D eigenvalue weighted by Gasteiger charge is -2.21. The molecule has 0 unspecified atom stereocenters. The first-order valence-corrected chi connectivity index (χ1v) is 16.6. The lowest BCUT2D eigenvalue weighted by Crippen LogP contribution is -1.93. The van der Waals surface area contributed by atoms with Crippen molar-refractivity contribution in [2.45, 2.75) is 9.79 Å². The fourth-order valence-electron chi connectivity index (χ4n) is 7.54. The lowest BCUT2D eigenvalue weighted by molar-refractivity contribution is 1.18. The maximum Gasteiger partial charge on any atom is 0.0547 e. The van der Waals surface area contributed by atoms with Gasteiger partial charge >= 0.3 is 0 Å². The van der Waals surface area contributed by atoms with Gasteiger partial charge in [0.1, 0.15) is 0 Å². The normalized spacial score (nSPS) is 12.3. The molecule has 0 atom stereocenters. The van der Waals surface area contributed by atoms with E-state index in [1.54, 1.807) is 0 Å². The fraction of sp³-hybridized carbons (Fsp3) is 0. The molecule has 0 amide bonds. The highest BCUT2D eigenvalue weighted by atomic mass is 32.2. The first-order chi connectivity index (χ1) is 22.8. The van der Waals surface area contributed by atoms with Crippen molar-refractivity contribution in [3.8, 4) is 39.1 Å². The Labute approximate surface area is 271 Å². The number of benzene rings is 8. The van der Waals surface area contributed by atoms with E-state index in [1.807, 2.05) is 11.8 Å². The first kappa shape index (κ1) is 25.7. The number of nitrogens with zero attached hydrogens (tertiary/aromatic N) is 1. The van der Waals surface area contributed by atoms with Crippen LogP contribution in [0.1, 0.15) is 0 Å².